The summed E-state index contributed by atoms with van der Waals surface area (Å²) in [5.74, 6) is 0.357. The molecule has 0 bridgehead atoms. The molecule has 0 saturated heterocycles. The summed E-state index contributed by atoms with van der Waals surface area (Å²) in [5, 5.41) is 0. The number of allylic oxidation sites excluding steroid dienone is 1. The molecule has 0 saturated carbocycles. The third-order valence-electron chi connectivity index (χ3n) is 2.96. The van der Waals surface area contributed by atoms with Gasteiger partial charge in [-0.1, -0.05) is 0 Å². The second-order valence-corrected chi connectivity index (χ2v) is 7.53. The molecule has 0 aliphatic rings. The van der Waals surface area contributed by atoms with Gasteiger partial charge in [0.15, 0.2) is 0 Å². The number of hydrogen-bond acceptors (Lipinski definition) is 2. The molecule has 0 aliphatic heterocycles. The molecule has 0 radical (unpaired) electrons. The van der Waals surface area contributed by atoms with Crippen molar-refractivity contribution in [2.75, 3.05) is 6.61 Å². The van der Waals surface area contributed by atoms with Crippen LogP contribution in [0.3, 0.4) is 0 Å². The standard InChI is InChI=1S/C17H24O2Se/c1-5-14(17(18)19-6-2)12-16(13(3)4)20-15-10-8-7-9-11-15/h7-13,16H,5-6H2,1-4H3/b14-12-/t16-/m1/s1. The first-order valence-corrected chi connectivity index (χ1v) is 9.02. The fourth-order valence-corrected chi connectivity index (χ4v) is 4.15. The van der Waals surface area contributed by atoms with Crippen LogP contribution in [-0.4, -0.2) is 27.5 Å². The van der Waals surface area contributed by atoms with Crippen LogP contribution in [0.15, 0.2) is 42.0 Å². The van der Waals surface area contributed by atoms with Crippen LogP contribution >= 0.6 is 0 Å². The Balaban J connectivity index is 2.87. The Labute approximate surface area is 128 Å². The second-order valence-electron chi connectivity index (χ2n) is 4.91. The maximum absolute atomic E-state index is 11.9. The quantitative estimate of drug-likeness (QED) is 0.433. The number of carbonyl (C=O) groups is 1. The summed E-state index contributed by atoms with van der Waals surface area (Å²) >= 11 is 0.336. The molecule has 1 aromatic rings. The van der Waals surface area contributed by atoms with Gasteiger partial charge in [0, 0.05) is 0 Å². The molecule has 110 valence electrons. The number of carbonyl (C=O) groups excluding carboxylic acids is 1. The van der Waals surface area contributed by atoms with Crippen molar-refractivity contribution in [1.29, 1.82) is 0 Å². The zero-order valence-electron chi connectivity index (χ0n) is 12.8. The van der Waals surface area contributed by atoms with Gasteiger partial charge in [0.25, 0.3) is 0 Å². The fourth-order valence-electron chi connectivity index (χ4n) is 1.77. The Morgan fingerprint density at radius 3 is 2.40 bits per heavy atom. The molecule has 0 fully saturated rings. The average Bonchev–Trinajstić information content (AvgIpc) is 2.44. The van der Waals surface area contributed by atoms with Gasteiger partial charge in [-0.25, -0.2) is 0 Å². The van der Waals surface area contributed by atoms with Crippen molar-refractivity contribution in [2.45, 2.75) is 38.9 Å². The summed E-state index contributed by atoms with van der Waals surface area (Å²) in [6, 6.07) is 10.5. The zero-order chi connectivity index (χ0) is 15.0. The second kappa shape index (κ2) is 8.99. The van der Waals surface area contributed by atoms with Crippen molar-refractivity contribution in [2.24, 2.45) is 5.92 Å². The van der Waals surface area contributed by atoms with Crippen molar-refractivity contribution in [1.82, 2.24) is 0 Å². The van der Waals surface area contributed by atoms with Gasteiger partial charge in [0.05, 0.1) is 0 Å². The number of benzene rings is 1. The van der Waals surface area contributed by atoms with Crippen LogP contribution in [0.4, 0.5) is 0 Å². The van der Waals surface area contributed by atoms with E-state index in [0.29, 0.717) is 32.3 Å². The fraction of sp³-hybridized carbons (Fsp3) is 0.471. The Morgan fingerprint density at radius 2 is 1.90 bits per heavy atom. The van der Waals surface area contributed by atoms with E-state index in [1.807, 2.05) is 19.9 Å². The molecule has 0 spiro atoms. The normalized spacial score (nSPS) is 13.3. The molecular weight excluding hydrogens is 315 g/mol. The predicted octanol–water partition coefficient (Wildman–Crippen LogP) is 3.36. The first kappa shape index (κ1) is 17.0. The molecule has 0 aromatic heterocycles. The van der Waals surface area contributed by atoms with Crippen LogP contribution < -0.4 is 4.46 Å². The Kier molecular flexibility index (Phi) is 7.64. The Bertz CT molecular complexity index is 438. The van der Waals surface area contributed by atoms with Gasteiger partial charge < -0.3 is 0 Å². The molecular formula is C17H24O2Se. The number of esters is 1. The Hall–Kier alpha value is -1.05. The summed E-state index contributed by atoms with van der Waals surface area (Å²) in [6.45, 7) is 8.72. The molecule has 2 nitrogen and oxygen atoms in total. The molecule has 3 heteroatoms. The molecule has 1 atom stereocenters. The average molecular weight is 339 g/mol. The van der Waals surface area contributed by atoms with Gasteiger partial charge in [0.2, 0.25) is 0 Å². The van der Waals surface area contributed by atoms with Crippen molar-refractivity contribution >= 4 is 25.4 Å². The summed E-state index contributed by atoms with van der Waals surface area (Å²) in [6.07, 6.45) is 2.86. The summed E-state index contributed by atoms with van der Waals surface area (Å²) in [5.41, 5.74) is 0.809. The first-order chi connectivity index (χ1) is 9.58. The van der Waals surface area contributed by atoms with Crippen molar-refractivity contribution in [3.05, 3.63) is 42.0 Å². The molecule has 0 heterocycles. The van der Waals surface area contributed by atoms with E-state index in [9.17, 15) is 4.79 Å². The van der Waals surface area contributed by atoms with E-state index < -0.39 is 0 Å². The van der Waals surface area contributed by atoms with E-state index in [1.165, 1.54) is 4.46 Å². The molecule has 0 N–H and O–H groups in total. The Morgan fingerprint density at radius 1 is 1.25 bits per heavy atom. The van der Waals surface area contributed by atoms with Gasteiger partial charge in [-0.15, -0.1) is 0 Å². The first-order valence-electron chi connectivity index (χ1n) is 7.18. The van der Waals surface area contributed by atoms with Gasteiger partial charge >= 0.3 is 128 Å². The molecule has 0 unspecified atom stereocenters. The van der Waals surface area contributed by atoms with E-state index in [4.69, 9.17) is 4.74 Å². The molecule has 0 aliphatic carbocycles. The van der Waals surface area contributed by atoms with E-state index in [0.717, 1.165) is 12.0 Å². The van der Waals surface area contributed by atoms with E-state index in [-0.39, 0.29) is 5.97 Å². The molecule has 20 heavy (non-hydrogen) atoms. The van der Waals surface area contributed by atoms with Gasteiger partial charge in [0.1, 0.15) is 0 Å². The molecule has 1 rings (SSSR count). The predicted molar refractivity (Wildman–Crippen MR) is 85.4 cm³/mol. The van der Waals surface area contributed by atoms with Crippen LogP contribution in [0.2, 0.25) is 4.82 Å². The monoisotopic (exact) mass is 340 g/mol. The van der Waals surface area contributed by atoms with Crippen LogP contribution in [0.1, 0.15) is 34.1 Å². The van der Waals surface area contributed by atoms with Gasteiger partial charge in [-0.2, -0.15) is 0 Å². The van der Waals surface area contributed by atoms with Crippen molar-refractivity contribution in [3.8, 4) is 0 Å². The van der Waals surface area contributed by atoms with E-state index in [1.54, 1.807) is 0 Å². The van der Waals surface area contributed by atoms with Crippen LogP contribution in [0.5, 0.6) is 0 Å². The van der Waals surface area contributed by atoms with Crippen molar-refractivity contribution in [3.63, 3.8) is 0 Å². The van der Waals surface area contributed by atoms with Crippen LogP contribution in [0.25, 0.3) is 0 Å². The summed E-state index contributed by atoms with van der Waals surface area (Å²) < 4.78 is 6.50. The maximum atomic E-state index is 11.9. The molecule has 0 amide bonds. The van der Waals surface area contributed by atoms with Gasteiger partial charge in [-0.3, -0.25) is 0 Å². The molecule has 1 aromatic carbocycles. The van der Waals surface area contributed by atoms with Crippen molar-refractivity contribution < 1.29 is 9.53 Å². The number of ether oxygens (including phenoxy) is 1. The third-order valence-corrected chi connectivity index (χ3v) is 6.10. The van der Waals surface area contributed by atoms with E-state index in [2.05, 4.69) is 44.2 Å². The van der Waals surface area contributed by atoms with Crippen LogP contribution in [0, 0.1) is 5.92 Å². The van der Waals surface area contributed by atoms with E-state index >= 15 is 0 Å². The number of rotatable bonds is 7. The SMILES string of the molecule is CCOC(=O)/C(=C\[C@@H]([Se]c1ccccc1)C(C)C)CC. The topological polar surface area (TPSA) is 26.3 Å². The minimum absolute atomic E-state index is 0.162. The summed E-state index contributed by atoms with van der Waals surface area (Å²) in [4.78, 5) is 12.3. The van der Waals surface area contributed by atoms with Gasteiger partial charge in [-0.05, 0) is 0 Å². The summed E-state index contributed by atoms with van der Waals surface area (Å²) in [7, 11) is 0. The zero-order valence-corrected chi connectivity index (χ0v) is 14.5. The minimum atomic E-state index is -0.162. The van der Waals surface area contributed by atoms with Crippen LogP contribution in [-0.2, 0) is 9.53 Å². The third kappa shape index (κ3) is 5.52. The number of hydrogen-bond donors (Lipinski definition) is 0.